The van der Waals surface area contributed by atoms with Gasteiger partial charge in [0.25, 0.3) is 11.8 Å². The van der Waals surface area contributed by atoms with Crippen molar-refractivity contribution in [3.05, 3.63) is 29.6 Å². The fourth-order valence-corrected chi connectivity index (χ4v) is 1.73. The lowest BCUT2D eigenvalue weighted by Gasteiger charge is -2.07. The van der Waals surface area contributed by atoms with Gasteiger partial charge >= 0.3 is 0 Å². The summed E-state index contributed by atoms with van der Waals surface area (Å²) >= 11 is 0. The summed E-state index contributed by atoms with van der Waals surface area (Å²) in [7, 11) is 1.57. The van der Waals surface area contributed by atoms with Gasteiger partial charge in [-0.15, -0.1) is 0 Å². The topological polar surface area (TPSA) is 80.3 Å². The van der Waals surface area contributed by atoms with Crippen LogP contribution in [0.5, 0.6) is 0 Å². The smallest absolute Gasteiger partial charge is 0.269 e. The summed E-state index contributed by atoms with van der Waals surface area (Å²) in [5.41, 5.74) is 0.672. The SMILES string of the molecule is CCCCCNC(=O)c1cc(C(=O)NCCOC)ccn1. The Labute approximate surface area is 125 Å². The molecule has 0 atom stereocenters. The Kier molecular flexibility index (Phi) is 8.04. The van der Waals surface area contributed by atoms with E-state index in [2.05, 4.69) is 22.5 Å². The van der Waals surface area contributed by atoms with E-state index in [0.717, 1.165) is 19.3 Å². The number of carbonyl (C=O) groups is 2. The molecule has 6 nitrogen and oxygen atoms in total. The molecule has 0 saturated carbocycles. The lowest BCUT2D eigenvalue weighted by molar-refractivity contribution is 0.0937. The van der Waals surface area contributed by atoms with E-state index >= 15 is 0 Å². The molecule has 21 heavy (non-hydrogen) atoms. The van der Waals surface area contributed by atoms with Crippen molar-refractivity contribution < 1.29 is 14.3 Å². The monoisotopic (exact) mass is 293 g/mol. The highest BCUT2D eigenvalue weighted by Gasteiger charge is 2.11. The molecule has 1 heterocycles. The molecule has 2 N–H and O–H groups in total. The van der Waals surface area contributed by atoms with Crippen molar-refractivity contribution in [2.24, 2.45) is 0 Å². The summed E-state index contributed by atoms with van der Waals surface area (Å²) in [6.45, 7) is 3.60. The van der Waals surface area contributed by atoms with Crippen molar-refractivity contribution in [2.75, 3.05) is 26.8 Å². The van der Waals surface area contributed by atoms with Gasteiger partial charge in [0.05, 0.1) is 6.61 Å². The highest BCUT2D eigenvalue weighted by Crippen LogP contribution is 2.02. The molecule has 0 spiro atoms. The van der Waals surface area contributed by atoms with Gasteiger partial charge in [-0.25, -0.2) is 0 Å². The third-order valence-electron chi connectivity index (χ3n) is 2.91. The third kappa shape index (κ3) is 6.35. The van der Waals surface area contributed by atoms with Crippen LogP contribution in [0.2, 0.25) is 0 Å². The summed E-state index contributed by atoms with van der Waals surface area (Å²) < 4.78 is 4.86. The van der Waals surface area contributed by atoms with Crippen molar-refractivity contribution in [1.29, 1.82) is 0 Å². The van der Waals surface area contributed by atoms with E-state index in [1.54, 1.807) is 13.2 Å². The molecular formula is C15H23N3O3. The normalized spacial score (nSPS) is 10.2. The highest BCUT2D eigenvalue weighted by atomic mass is 16.5. The third-order valence-corrected chi connectivity index (χ3v) is 2.91. The number of pyridine rings is 1. The van der Waals surface area contributed by atoms with Crippen LogP contribution in [0.3, 0.4) is 0 Å². The van der Waals surface area contributed by atoms with Crippen molar-refractivity contribution in [3.63, 3.8) is 0 Å². The quantitative estimate of drug-likeness (QED) is 0.674. The number of carbonyl (C=O) groups excluding carboxylic acids is 2. The minimum Gasteiger partial charge on any atom is -0.383 e. The van der Waals surface area contributed by atoms with Gasteiger partial charge < -0.3 is 15.4 Å². The van der Waals surface area contributed by atoms with Gasteiger partial charge in [-0.2, -0.15) is 0 Å². The summed E-state index contributed by atoms with van der Waals surface area (Å²) in [5.74, 6) is -0.493. The molecule has 2 amide bonds. The summed E-state index contributed by atoms with van der Waals surface area (Å²) in [5, 5.41) is 5.50. The largest absolute Gasteiger partial charge is 0.383 e. The maximum absolute atomic E-state index is 11.9. The molecule has 0 aliphatic carbocycles. The second-order valence-corrected chi connectivity index (χ2v) is 4.64. The number of hydrogen-bond donors (Lipinski definition) is 2. The first-order valence-corrected chi connectivity index (χ1v) is 7.20. The average molecular weight is 293 g/mol. The standard InChI is InChI=1S/C15H23N3O3/c1-3-4-5-7-17-15(20)13-11-12(6-8-16-13)14(19)18-9-10-21-2/h6,8,11H,3-5,7,9-10H2,1-2H3,(H,17,20)(H,18,19). The van der Waals surface area contributed by atoms with Gasteiger partial charge in [0.15, 0.2) is 0 Å². The number of unbranched alkanes of at least 4 members (excludes halogenated alkanes) is 2. The molecule has 0 saturated heterocycles. The van der Waals surface area contributed by atoms with Crippen LogP contribution in [0.1, 0.15) is 47.0 Å². The fourth-order valence-electron chi connectivity index (χ4n) is 1.73. The van der Waals surface area contributed by atoms with E-state index in [0.29, 0.717) is 25.3 Å². The van der Waals surface area contributed by atoms with Crippen LogP contribution in [-0.4, -0.2) is 43.6 Å². The van der Waals surface area contributed by atoms with Crippen molar-refractivity contribution >= 4 is 11.8 Å². The number of nitrogens with one attached hydrogen (secondary N) is 2. The zero-order chi connectivity index (χ0) is 15.5. The van der Waals surface area contributed by atoms with E-state index < -0.39 is 0 Å². The maximum Gasteiger partial charge on any atom is 0.269 e. The molecular weight excluding hydrogens is 270 g/mol. The number of amides is 2. The Morgan fingerprint density at radius 2 is 1.95 bits per heavy atom. The Morgan fingerprint density at radius 1 is 1.19 bits per heavy atom. The van der Waals surface area contributed by atoms with Crippen LogP contribution in [0.25, 0.3) is 0 Å². The zero-order valence-corrected chi connectivity index (χ0v) is 12.6. The lowest BCUT2D eigenvalue weighted by atomic mass is 10.2. The number of methoxy groups -OCH3 is 1. The van der Waals surface area contributed by atoms with Gasteiger partial charge in [-0.1, -0.05) is 19.8 Å². The summed E-state index contributed by atoms with van der Waals surface area (Å²) in [4.78, 5) is 27.8. The van der Waals surface area contributed by atoms with E-state index in [1.165, 1.54) is 12.3 Å². The molecule has 6 heteroatoms. The number of hydrogen-bond acceptors (Lipinski definition) is 4. The van der Waals surface area contributed by atoms with Gasteiger partial charge in [0.2, 0.25) is 0 Å². The van der Waals surface area contributed by atoms with Crippen LogP contribution in [0, 0.1) is 0 Å². The number of nitrogens with zero attached hydrogens (tertiary/aromatic N) is 1. The second kappa shape index (κ2) is 9.88. The first-order valence-electron chi connectivity index (χ1n) is 7.20. The predicted molar refractivity (Wildman–Crippen MR) is 80.3 cm³/mol. The number of rotatable bonds is 9. The Bertz CT molecular complexity index is 463. The number of ether oxygens (including phenoxy) is 1. The zero-order valence-electron chi connectivity index (χ0n) is 12.6. The first kappa shape index (κ1) is 17.1. The molecule has 0 fully saturated rings. The minimum absolute atomic E-state index is 0.241. The molecule has 0 unspecified atom stereocenters. The molecule has 1 aromatic heterocycles. The molecule has 1 rings (SSSR count). The van der Waals surface area contributed by atoms with Crippen LogP contribution < -0.4 is 10.6 Å². The predicted octanol–water partition coefficient (Wildman–Crippen LogP) is 1.38. The van der Waals surface area contributed by atoms with Crippen molar-refractivity contribution in [3.8, 4) is 0 Å². The van der Waals surface area contributed by atoms with E-state index in [-0.39, 0.29) is 17.5 Å². The molecule has 116 valence electrons. The Morgan fingerprint density at radius 3 is 2.67 bits per heavy atom. The lowest BCUT2D eigenvalue weighted by Crippen LogP contribution is -2.28. The fraction of sp³-hybridized carbons (Fsp3) is 0.533. The van der Waals surface area contributed by atoms with Crippen molar-refractivity contribution in [2.45, 2.75) is 26.2 Å². The van der Waals surface area contributed by atoms with Gasteiger partial charge in [0, 0.05) is 32.0 Å². The maximum atomic E-state index is 11.9. The van der Waals surface area contributed by atoms with Crippen molar-refractivity contribution in [1.82, 2.24) is 15.6 Å². The molecule has 0 bridgehead atoms. The Balaban J connectivity index is 2.54. The highest BCUT2D eigenvalue weighted by molar-refractivity contribution is 5.98. The van der Waals surface area contributed by atoms with Crippen LogP contribution >= 0.6 is 0 Å². The molecule has 1 aromatic rings. The van der Waals surface area contributed by atoms with Gasteiger partial charge in [-0.05, 0) is 18.6 Å². The summed E-state index contributed by atoms with van der Waals surface area (Å²) in [6, 6.07) is 3.08. The average Bonchev–Trinajstić information content (AvgIpc) is 2.51. The van der Waals surface area contributed by atoms with E-state index in [9.17, 15) is 9.59 Å². The molecule has 0 aliphatic rings. The molecule has 0 aliphatic heterocycles. The summed E-state index contributed by atoms with van der Waals surface area (Å²) in [6.07, 6.45) is 4.59. The van der Waals surface area contributed by atoms with Crippen LogP contribution in [0.4, 0.5) is 0 Å². The van der Waals surface area contributed by atoms with E-state index in [1.807, 2.05) is 0 Å². The van der Waals surface area contributed by atoms with Gasteiger partial charge in [0.1, 0.15) is 5.69 Å². The van der Waals surface area contributed by atoms with E-state index in [4.69, 9.17) is 4.74 Å². The van der Waals surface area contributed by atoms with Crippen LogP contribution in [-0.2, 0) is 4.74 Å². The second-order valence-electron chi connectivity index (χ2n) is 4.64. The molecule has 0 aromatic carbocycles. The van der Waals surface area contributed by atoms with Crippen LogP contribution in [0.15, 0.2) is 18.3 Å². The first-order chi connectivity index (χ1) is 10.2. The number of aromatic nitrogens is 1. The van der Waals surface area contributed by atoms with Gasteiger partial charge in [-0.3, -0.25) is 14.6 Å². The molecule has 0 radical (unpaired) electrons. The Hall–Kier alpha value is -1.95. The minimum atomic E-state index is -0.252.